The molecule has 0 aliphatic heterocycles. The van der Waals surface area contributed by atoms with E-state index in [0.29, 0.717) is 0 Å². The number of nitrogens with two attached hydrogens (primary N) is 1. The predicted molar refractivity (Wildman–Crippen MR) is 77.9 cm³/mol. The monoisotopic (exact) mass is 298 g/mol. The molecule has 0 aliphatic carbocycles. The molecule has 0 aromatic heterocycles. The molecule has 1 aromatic rings. The van der Waals surface area contributed by atoms with Crippen LogP contribution in [0.2, 0.25) is 0 Å². The van der Waals surface area contributed by atoms with Gasteiger partial charge in [0.15, 0.2) is 0 Å². The Hall–Kier alpha value is -0.380. The lowest BCUT2D eigenvalue weighted by Gasteiger charge is -2.26. The Balaban J connectivity index is 2.42. The van der Waals surface area contributed by atoms with E-state index in [1.54, 1.807) is 0 Å². The summed E-state index contributed by atoms with van der Waals surface area (Å²) in [6.45, 7) is 7.26. The molecular weight excluding hydrogens is 276 g/mol. The van der Waals surface area contributed by atoms with Crippen LogP contribution < -0.4 is 5.73 Å². The van der Waals surface area contributed by atoms with Gasteiger partial charge in [-0.05, 0) is 49.7 Å². The van der Waals surface area contributed by atoms with Gasteiger partial charge in [0.05, 0.1) is 0 Å². The van der Waals surface area contributed by atoms with Crippen molar-refractivity contribution in [1.82, 2.24) is 4.90 Å². The van der Waals surface area contributed by atoms with E-state index in [-0.39, 0.29) is 5.41 Å². The minimum atomic E-state index is 0.242. The van der Waals surface area contributed by atoms with Gasteiger partial charge >= 0.3 is 0 Å². The van der Waals surface area contributed by atoms with Crippen molar-refractivity contribution in [2.24, 2.45) is 11.1 Å². The summed E-state index contributed by atoms with van der Waals surface area (Å²) < 4.78 is 1.14. The molecule has 0 spiro atoms. The molecule has 0 unspecified atom stereocenters. The predicted octanol–water partition coefficient (Wildman–Crippen LogP) is 3.26. The second-order valence-electron chi connectivity index (χ2n) is 5.49. The highest BCUT2D eigenvalue weighted by atomic mass is 79.9. The highest BCUT2D eigenvalue weighted by Gasteiger charge is 2.15. The first-order chi connectivity index (χ1) is 7.93. The molecule has 0 saturated heterocycles. The highest BCUT2D eigenvalue weighted by molar-refractivity contribution is 9.10. The lowest BCUT2D eigenvalue weighted by Crippen LogP contribution is -2.29. The fourth-order valence-electron chi connectivity index (χ4n) is 1.62. The number of hydrogen-bond donors (Lipinski definition) is 1. The summed E-state index contributed by atoms with van der Waals surface area (Å²) in [4.78, 5) is 2.35. The number of rotatable bonds is 6. The maximum Gasteiger partial charge on any atom is 0.0231 e. The Kier molecular flexibility index (Phi) is 5.63. The molecule has 0 heterocycles. The molecule has 2 N–H and O–H groups in total. The van der Waals surface area contributed by atoms with E-state index in [0.717, 1.165) is 30.5 Å². The molecular formula is C14H23BrN2. The largest absolute Gasteiger partial charge is 0.330 e. The third-order valence-corrected chi connectivity index (χ3v) is 3.56. The Morgan fingerprint density at radius 1 is 1.35 bits per heavy atom. The summed E-state index contributed by atoms with van der Waals surface area (Å²) in [5.74, 6) is 0. The van der Waals surface area contributed by atoms with Crippen LogP contribution in [0.3, 0.4) is 0 Å². The minimum absolute atomic E-state index is 0.242. The Morgan fingerprint density at radius 3 is 2.65 bits per heavy atom. The van der Waals surface area contributed by atoms with Crippen LogP contribution >= 0.6 is 15.9 Å². The lowest BCUT2D eigenvalue weighted by atomic mass is 9.89. The quantitative estimate of drug-likeness (QED) is 0.873. The Labute approximate surface area is 113 Å². The third kappa shape index (κ3) is 5.66. The van der Waals surface area contributed by atoms with Crippen LogP contribution in [0.25, 0.3) is 0 Å². The van der Waals surface area contributed by atoms with E-state index < -0.39 is 0 Å². The Bertz CT molecular complexity index is 350. The molecule has 1 aromatic carbocycles. The Morgan fingerprint density at radius 2 is 2.06 bits per heavy atom. The van der Waals surface area contributed by atoms with Crippen LogP contribution in [-0.2, 0) is 6.54 Å². The maximum atomic E-state index is 5.74. The van der Waals surface area contributed by atoms with Crippen molar-refractivity contribution in [2.45, 2.75) is 26.8 Å². The molecule has 0 aliphatic rings. The van der Waals surface area contributed by atoms with Crippen molar-refractivity contribution in [3.8, 4) is 0 Å². The number of halogens is 1. The van der Waals surface area contributed by atoms with E-state index in [2.05, 4.69) is 66.0 Å². The smallest absolute Gasteiger partial charge is 0.0231 e. The third-order valence-electron chi connectivity index (χ3n) is 3.06. The maximum absolute atomic E-state index is 5.74. The van der Waals surface area contributed by atoms with Gasteiger partial charge in [-0.1, -0.05) is 41.9 Å². The van der Waals surface area contributed by atoms with Gasteiger partial charge in [0.2, 0.25) is 0 Å². The highest BCUT2D eigenvalue weighted by Crippen LogP contribution is 2.19. The van der Waals surface area contributed by atoms with E-state index in [1.165, 1.54) is 5.56 Å². The number of benzene rings is 1. The summed E-state index contributed by atoms with van der Waals surface area (Å²) in [5, 5.41) is 0. The van der Waals surface area contributed by atoms with E-state index in [4.69, 9.17) is 5.73 Å². The van der Waals surface area contributed by atoms with Gasteiger partial charge in [-0.2, -0.15) is 0 Å². The van der Waals surface area contributed by atoms with Gasteiger partial charge in [0.1, 0.15) is 0 Å². The van der Waals surface area contributed by atoms with Crippen molar-refractivity contribution >= 4 is 15.9 Å². The normalized spacial score (nSPS) is 12.1. The van der Waals surface area contributed by atoms with E-state index in [1.807, 2.05) is 0 Å². The molecule has 0 atom stereocenters. The average molecular weight is 299 g/mol. The fourth-order valence-corrected chi connectivity index (χ4v) is 2.07. The van der Waals surface area contributed by atoms with E-state index in [9.17, 15) is 0 Å². The second kappa shape index (κ2) is 6.53. The molecule has 1 rings (SSSR count). The molecule has 0 bridgehead atoms. The van der Waals surface area contributed by atoms with Gasteiger partial charge < -0.3 is 10.6 Å². The van der Waals surface area contributed by atoms with Crippen LogP contribution in [-0.4, -0.2) is 25.0 Å². The van der Waals surface area contributed by atoms with Gasteiger partial charge in [-0.3, -0.25) is 0 Å². The first-order valence-corrected chi connectivity index (χ1v) is 6.85. The summed E-state index contributed by atoms with van der Waals surface area (Å²) in [7, 11) is 2.16. The zero-order valence-electron chi connectivity index (χ0n) is 11.0. The van der Waals surface area contributed by atoms with Crippen LogP contribution in [0.4, 0.5) is 0 Å². The van der Waals surface area contributed by atoms with Crippen LogP contribution in [0.5, 0.6) is 0 Å². The summed E-state index contributed by atoms with van der Waals surface area (Å²) in [6.07, 6.45) is 1.13. The zero-order chi connectivity index (χ0) is 12.9. The molecule has 0 amide bonds. The van der Waals surface area contributed by atoms with Crippen LogP contribution in [0, 0.1) is 5.41 Å². The van der Waals surface area contributed by atoms with Crippen molar-refractivity contribution in [1.29, 1.82) is 0 Å². The first kappa shape index (κ1) is 14.7. The summed E-state index contributed by atoms with van der Waals surface area (Å²) in [6, 6.07) is 8.47. The molecule has 96 valence electrons. The summed E-state index contributed by atoms with van der Waals surface area (Å²) >= 11 is 3.50. The SMILES string of the molecule is CN(CCC(C)(C)CN)Cc1cccc(Br)c1. The second-order valence-corrected chi connectivity index (χ2v) is 6.40. The zero-order valence-corrected chi connectivity index (χ0v) is 12.6. The molecule has 0 fully saturated rings. The van der Waals surface area contributed by atoms with Crippen molar-refractivity contribution in [3.05, 3.63) is 34.3 Å². The van der Waals surface area contributed by atoms with Crippen molar-refractivity contribution in [2.75, 3.05) is 20.1 Å². The standard InChI is InChI=1S/C14H23BrN2/c1-14(2,11-16)7-8-17(3)10-12-5-4-6-13(15)9-12/h4-6,9H,7-8,10-11,16H2,1-3H3. The van der Waals surface area contributed by atoms with Crippen molar-refractivity contribution < 1.29 is 0 Å². The van der Waals surface area contributed by atoms with Gasteiger partial charge in [-0.25, -0.2) is 0 Å². The molecule has 0 saturated carbocycles. The van der Waals surface area contributed by atoms with E-state index >= 15 is 0 Å². The number of nitrogens with zero attached hydrogens (tertiary/aromatic N) is 1. The fraction of sp³-hybridized carbons (Fsp3) is 0.571. The molecule has 0 radical (unpaired) electrons. The van der Waals surface area contributed by atoms with Gasteiger partial charge in [0.25, 0.3) is 0 Å². The average Bonchev–Trinajstić information content (AvgIpc) is 2.27. The van der Waals surface area contributed by atoms with Crippen molar-refractivity contribution in [3.63, 3.8) is 0 Å². The minimum Gasteiger partial charge on any atom is -0.330 e. The number of hydrogen-bond acceptors (Lipinski definition) is 2. The van der Waals surface area contributed by atoms with Crippen LogP contribution in [0.15, 0.2) is 28.7 Å². The molecule has 2 nitrogen and oxygen atoms in total. The molecule has 3 heteroatoms. The first-order valence-electron chi connectivity index (χ1n) is 6.06. The van der Waals surface area contributed by atoms with Gasteiger partial charge in [-0.15, -0.1) is 0 Å². The van der Waals surface area contributed by atoms with Gasteiger partial charge in [0, 0.05) is 11.0 Å². The topological polar surface area (TPSA) is 29.3 Å². The van der Waals surface area contributed by atoms with Crippen LogP contribution in [0.1, 0.15) is 25.8 Å². The molecule has 17 heavy (non-hydrogen) atoms. The lowest BCUT2D eigenvalue weighted by molar-refractivity contribution is 0.249. The summed E-state index contributed by atoms with van der Waals surface area (Å²) in [5.41, 5.74) is 7.32.